The molecule has 0 saturated heterocycles. The molecule has 0 radical (unpaired) electrons. The summed E-state index contributed by atoms with van der Waals surface area (Å²) < 4.78 is 5.04. The number of thiophene rings is 1. The van der Waals surface area contributed by atoms with E-state index in [9.17, 15) is 0 Å². The first kappa shape index (κ1) is 32.4. The quantitative estimate of drug-likeness (QED) is 0.161. The lowest BCUT2D eigenvalue weighted by Gasteiger charge is -2.14. The summed E-state index contributed by atoms with van der Waals surface area (Å²) in [4.78, 5) is 0. The van der Waals surface area contributed by atoms with Crippen molar-refractivity contribution < 1.29 is 0 Å². The van der Waals surface area contributed by atoms with E-state index >= 15 is 0 Å². The van der Waals surface area contributed by atoms with Crippen LogP contribution in [0.4, 0.5) is 0 Å². The normalized spacial score (nSPS) is 11.6. The molecule has 2 aromatic heterocycles. The zero-order valence-corrected chi connectivity index (χ0v) is 31.4. The van der Waals surface area contributed by atoms with E-state index in [-0.39, 0.29) is 0 Å². The molecule has 2 heterocycles. The number of fused-ring (bicyclic) bond motifs is 6. The number of rotatable bonds is 6. The van der Waals surface area contributed by atoms with Gasteiger partial charge in [-0.25, -0.2) is 0 Å². The topological polar surface area (TPSA) is 4.93 Å². The molecule has 0 fully saturated rings. The van der Waals surface area contributed by atoms with Crippen molar-refractivity contribution in [2.45, 2.75) is 0 Å². The van der Waals surface area contributed by atoms with Crippen LogP contribution >= 0.6 is 11.3 Å². The minimum atomic E-state index is 1.16. The Morgan fingerprint density at radius 1 is 0.286 bits per heavy atom. The van der Waals surface area contributed by atoms with Crippen LogP contribution in [0.5, 0.6) is 0 Å². The summed E-state index contributed by atoms with van der Waals surface area (Å²) in [5.41, 5.74) is 15.7. The molecule has 11 rings (SSSR count). The van der Waals surface area contributed by atoms with Gasteiger partial charge >= 0.3 is 0 Å². The molecule has 0 aliphatic heterocycles. The number of aromatic nitrogens is 1. The fourth-order valence-corrected chi connectivity index (χ4v) is 9.66. The predicted octanol–water partition coefficient (Wildman–Crippen LogP) is 15.5. The van der Waals surface area contributed by atoms with Crippen LogP contribution in [0.25, 0.3) is 103 Å². The van der Waals surface area contributed by atoms with Crippen LogP contribution in [0.1, 0.15) is 0 Å². The van der Waals surface area contributed by atoms with Gasteiger partial charge in [0.2, 0.25) is 0 Å². The minimum absolute atomic E-state index is 1.16. The maximum absolute atomic E-state index is 2.42. The zero-order valence-electron chi connectivity index (χ0n) is 30.6. The van der Waals surface area contributed by atoms with Crippen molar-refractivity contribution in [3.05, 3.63) is 212 Å². The lowest BCUT2D eigenvalue weighted by Crippen LogP contribution is -1.93. The highest BCUT2D eigenvalue weighted by atomic mass is 32.1. The average Bonchev–Trinajstić information content (AvgIpc) is 3.82. The van der Waals surface area contributed by atoms with Crippen molar-refractivity contribution in [2.75, 3.05) is 0 Å². The molecule has 262 valence electrons. The average molecular weight is 730 g/mol. The van der Waals surface area contributed by atoms with Gasteiger partial charge in [-0.15, -0.1) is 11.3 Å². The number of hydrogen-bond donors (Lipinski definition) is 0. The molecule has 0 spiro atoms. The molecular weight excluding hydrogens is 695 g/mol. The molecule has 0 saturated carbocycles. The third-order valence-corrected chi connectivity index (χ3v) is 12.4. The van der Waals surface area contributed by atoms with E-state index in [2.05, 4.69) is 217 Å². The van der Waals surface area contributed by atoms with Gasteiger partial charge in [-0.1, -0.05) is 152 Å². The van der Waals surface area contributed by atoms with Crippen LogP contribution in [-0.2, 0) is 0 Å². The first-order valence-electron chi connectivity index (χ1n) is 19.2. The first-order valence-corrected chi connectivity index (χ1v) is 20.0. The second-order valence-corrected chi connectivity index (χ2v) is 15.6. The summed E-state index contributed by atoms with van der Waals surface area (Å²) in [5, 5.41) is 5.12. The van der Waals surface area contributed by atoms with Gasteiger partial charge < -0.3 is 4.57 Å². The third kappa shape index (κ3) is 5.54. The largest absolute Gasteiger partial charge is 0.309 e. The Morgan fingerprint density at radius 2 is 0.786 bits per heavy atom. The van der Waals surface area contributed by atoms with Crippen LogP contribution in [-0.4, -0.2) is 4.57 Å². The summed E-state index contributed by atoms with van der Waals surface area (Å²) in [7, 11) is 0. The second-order valence-electron chi connectivity index (χ2n) is 14.5. The van der Waals surface area contributed by atoms with E-state index in [1.807, 2.05) is 11.3 Å². The molecule has 9 aromatic carbocycles. The Kier molecular flexibility index (Phi) is 7.75. The van der Waals surface area contributed by atoms with E-state index < -0.39 is 0 Å². The highest BCUT2D eigenvalue weighted by molar-refractivity contribution is 7.26. The summed E-state index contributed by atoms with van der Waals surface area (Å²) in [5.74, 6) is 0. The number of nitrogens with zero attached hydrogens (tertiary/aromatic N) is 1. The van der Waals surface area contributed by atoms with Gasteiger partial charge in [0.15, 0.2) is 0 Å². The monoisotopic (exact) mass is 729 g/mol. The molecular formula is C54H35NS. The molecule has 0 amide bonds. The Morgan fingerprint density at radius 3 is 1.52 bits per heavy atom. The van der Waals surface area contributed by atoms with Crippen LogP contribution in [0.15, 0.2) is 212 Å². The third-order valence-electron chi connectivity index (χ3n) is 11.2. The molecule has 11 aromatic rings. The Balaban J connectivity index is 1.15. The van der Waals surface area contributed by atoms with Crippen molar-refractivity contribution in [2.24, 2.45) is 0 Å². The first-order chi connectivity index (χ1) is 27.7. The van der Waals surface area contributed by atoms with Gasteiger partial charge in [-0.2, -0.15) is 0 Å². The molecule has 0 aliphatic rings. The summed E-state index contributed by atoms with van der Waals surface area (Å²) >= 11 is 1.89. The molecule has 0 atom stereocenters. The Hall–Kier alpha value is -7.00. The number of benzene rings is 9. The van der Waals surface area contributed by atoms with Gasteiger partial charge in [0.1, 0.15) is 0 Å². The van der Waals surface area contributed by atoms with Crippen molar-refractivity contribution >= 4 is 53.3 Å². The summed E-state index contributed by atoms with van der Waals surface area (Å²) in [6.07, 6.45) is 0. The lowest BCUT2D eigenvalue weighted by molar-refractivity contribution is 1.18. The molecule has 56 heavy (non-hydrogen) atoms. The number of para-hydroxylation sites is 2. The standard InChI is InChI=1S/C54H35NS/c1-4-14-36(15-5-1)37-24-26-38(27-25-37)41-30-42(40-28-29-47-46-20-10-12-22-51(46)55(52(47)35-40)45-18-8-3-9-19-45)32-43(31-41)44-33-49(39-16-6-2-7-17-39)54-50(34-44)48-21-11-13-23-53(48)56-54/h1-35H. The van der Waals surface area contributed by atoms with Crippen LogP contribution in [0, 0.1) is 0 Å². The van der Waals surface area contributed by atoms with E-state index in [4.69, 9.17) is 0 Å². The molecule has 0 aliphatic carbocycles. The van der Waals surface area contributed by atoms with Crippen molar-refractivity contribution in [1.29, 1.82) is 0 Å². The smallest absolute Gasteiger partial charge is 0.0547 e. The SMILES string of the molecule is c1ccc(-c2ccc(-c3cc(-c4cc(-c5ccccc5)c5sc6ccccc6c5c4)cc(-c4ccc5c6ccccc6n(-c6ccccc6)c5c4)c3)cc2)cc1. The van der Waals surface area contributed by atoms with Gasteiger partial charge in [0, 0.05) is 42.2 Å². The fourth-order valence-electron chi connectivity index (χ4n) is 8.44. The van der Waals surface area contributed by atoms with E-state index in [1.54, 1.807) is 0 Å². The predicted molar refractivity (Wildman–Crippen MR) is 241 cm³/mol. The zero-order chi connectivity index (χ0) is 37.0. The minimum Gasteiger partial charge on any atom is -0.309 e. The highest BCUT2D eigenvalue weighted by Gasteiger charge is 2.17. The van der Waals surface area contributed by atoms with Gasteiger partial charge in [0.05, 0.1) is 11.0 Å². The molecule has 2 heteroatoms. The molecule has 0 bridgehead atoms. The van der Waals surface area contributed by atoms with Crippen LogP contribution in [0.3, 0.4) is 0 Å². The van der Waals surface area contributed by atoms with Gasteiger partial charge in [-0.3, -0.25) is 0 Å². The maximum atomic E-state index is 2.42. The molecule has 0 unspecified atom stereocenters. The maximum Gasteiger partial charge on any atom is 0.0547 e. The van der Waals surface area contributed by atoms with Crippen molar-refractivity contribution in [3.63, 3.8) is 0 Å². The summed E-state index contributed by atoms with van der Waals surface area (Å²) in [6.45, 7) is 0. The van der Waals surface area contributed by atoms with Gasteiger partial charge in [0.25, 0.3) is 0 Å². The van der Waals surface area contributed by atoms with Crippen molar-refractivity contribution in [3.8, 4) is 61.3 Å². The lowest BCUT2D eigenvalue weighted by atomic mass is 9.90. The Labute approximate surface area is 330 Å². The number of hydrogen-bond acceptors (Lipinski definition) is 1. The second kappa shape index (κ2) is 13.4. The van der Waals surface area contributed by atoms with E-state index in [0.717, 1.165) is 5.69 Å². The van der Waals surface area contributed by atoms with E-state index in [1.165, 1.54) is 97.6 Å². The highest BCUT2D eigenvalue weighted by Crippen LogP contribution is 2.44. The molecule has 1 nitrogen and oxygen atoms in total. The van der Waals surface area contributed by atoms with Crippen LogP contribution in [0.2, 0.25) is 0 Å². The summed E-state index contributed by atoms with van der Waals surface area (Å²) in [6, 6.07) is 77.8. The van der Waals surface area contributed by atoms with Gasteiger partial charge in [-0.05, 0) is 111 Å². The van der Waals surface area contributed by atoms with Crippen molar-refractivity contribution in [1.82, 2.24) is 4.57 Å². The van der Waals surface area contributed by atoms with Crippen LogP contribution < -0.4 is 0 Å². The fraction of sp³-hybridized carbons (Fsp3) is 0. The van der Waals surface area contributed by atoms with E-state index in [0.29, 0.717) is 0 Å². The Bertz CT molecular complexity index is 3210. The molecule has 0 N–H and O–H groups in total.